The molecular formula is C19H20ClFN2O2. The summed E-state index contributed by atoms with van der Waals surface area (Å²) in [6.07, 6.45) is 0.719. The highest BCUT2D eigenvalue weighted by Crippen LogP contribution is 2.32. The van der Waals surface area contributed by atoms with Gasteiger partial charge in [-0.25, -0.2) is 9.18 Å². The van der Waals surface area contributed by atoms with E-state index >= 15 is 0 Å². The first-order chi connectivity index (χ1) is 12.0. The summed E-state index contributed by atoms with van der Waals surface area (Å²) in [5, 5.41) is 0.0780. The molecule has 6 heteroatoms. The first-order valence-corrected chi connectivity index (χ1v) is 8.56. The fraction of sp³-hybridized carbons (Fsp3) is 0.316. The summed E-state index contributed by atoms with van der Waals surface area (Å²) >= 11 is 5.73. The lowest BCUT2D eigenvalue weighted by molar-refractivity contribution is 0.0779. The summed E-state index contributed by atoms with van der Waals surface area (Å²) in [5.41, 5.74) is 7.42. The van der Waals surface area contributed by atoms with E-state index in [0.717, 1.165) is 5.56 Å². The van der Waals surface area contributed by atoms with Crippen molar-refractivity contribution in [2.24, 2.45) is 5.73 Å². The van der Waals surface area contributed by atoms with Crippen molar-refractivity contribution < 1.29 is 13.9 Å². The van der Waals surface area contributed by atoms with Crippen LogP contribution in [0.2, 0.25) is 5.02 Å². The van der Waals surface area contributed by atoms with Gasteiger partial charge in [0.1, 0.15) is 12.4 Å². The Bertz CT molecular complexity index is 746. The molecule has 2 aromatic rings. The van der Waals surface area contributed by atoms with Crippen LogP contribution in [0, 0.1) is 5.82 Å². The predicted molar refractivity (Wildman–Crippen MR) is 94.7 cm³/mol. The van der Waals surface area contributed by atoms with Gasteiger partial charge in [0.15, 0.2) is 0 Å². The molecule has 132 valence electrons. The van der Waals surface area contributed by atoms with Gasteiger partial charge < -0.3 is 15.4 Å². The average Bonchev–Trinajstić information content (AvgIpc) is 2.63. The normalized spacial score (nSPS) is 16.5. The van der Waals surface area contributed by atoms with E-state index in [-0.39, 0.29) is 17.7 Å². The van der Waals surface area contributed by atoms with Crippen molar-refractivity contribution in [2.75, 3.05) is 13.1 Å². The third-order valence-corrected chi connectivity index (χ3v) is 4.92. The molecule has 1 saturated heterocycles. The molecule has 0 aliphatic carbocycles. The summed E-state index contributed by atoms with van der Waals surface area (Å²) in [6.45, 7) is 1.18. The first-order valence-electron chi connectivity index (χ1n) is 8.18. The van der Waals surface area contributed by atoms with Crippen LogP contribution < -0.4 is 5.73 Å². The lowest BCUT2D eigenvalue weighted by atomic mass is 9.82. The third-order valence-electron chi connectivity index (χ3n) is 4.61. The van der Waals surface area contributed by atoms with E-state index in [1.165, 1.54) is 12.1 Å². The van der Waals surface area contributed by atoms with Gasteiger partial charge in [0.25, 0.3) is 0 Å². The zero-order chi connectivity index (χ0) is 17.9. The van der Waals surface area contributed by atoms with Crippen molar-refractivity contribution in [3.8, 4) is 0 Å². The fourth-order valence-electron chi connectivity index (χ4n) is 2.99. The second-order valence-electron chi connectivity index (χ2n) is 6.31. The zero-order valence-corrected chi connectivity index (χ0v) is 14.5. The number of piperidine rings is 1. The van der Waals surface area contributed by atoms with Gasteiger partial charge in [-0.3, -0.25) is 0 Å². The van der Waals surface area contributed by atoms with Gasteiger partial charge in [-0.2, -0.15) is 0 Å². The topological polar surface area (TPSA) is 55.6 Å². The number of nitrogens with zero attached hydrogens (tertiary/aromatic N) is 1. The molecular weight excluding hydrogens is 343 g/mol. The highest BCUT2D eigenvalue weighted by atomic mass is 35.5. The Balaban J connectivity index is 1.57. The van der Waals surface area contributed by atoms with Crippen molar-refractivity contribution >= 4 is 17.7 Å². The van der Waals surface area contributed by atoms with E-state index in [2.05, 4.69) is 0 Å². The van der Waals surface area contributed by atoms with Crippen LogP contribution in [0.1, 0.15) is 24.0 Å². The molecule has 0 bridgehead atoms. The molecule has 1 amide bonds. The summed E-state index contributed by atoms with van der Waals surface area (Å²) < 4.78 is 19.0. The van der Waals surface area contributed by atoms with Crippen LogP contribution in [0.5, 0.6) is 0 Å². The molecule has 0 unspecified atom stereocenters. The Hall–Kier alpha value is -2.11. The Kier molecular flexibility index (Phi) is 5.25. The molecule has 2 aromatic carbocycles. The zero-order valence-electron chi connectivity index (χ0n) is 13.8. The highest BCUT2D eigenvalue weighted by molar-refractivity contribution is 6.30. The molecule has 2 N–H and O–H groups in total. The van der Waals surface area contributed by atoms with Crippen LogP contribution in [-0.2, 0) is 16.9 Å². The van der Waals surface area contributed by atoms with E-state index in [1.807, 2.05) is 30.3 Å². The Morgan fingerprint density at radius 1 is 1.20 bits per heavy atom. The predicted octanol–water partition coefficient (Wildman–Crippen LogP) is 4.07. The van der Waals surface area contributed by atoms with Crippen LogP contribution >= 0.6 is 11.6 Å². The van der Waals surface area contributed by atoms with Gasteiger partial charge in [-0.15, -0.1) is 0 Å². The maximum absolute atomic E-state index is 13.7. The van der Waals surface area contributed by atoms with Crippen LogP contribution in [-0.4, -0.2) is 24.1 Å². The Morgan fingerprint density at radius 3 is 2.52 bits per heavy atom. The molecule has 1 fully saturated rings. The number of rotatable bonds is 3. The minimum Gasteiger partial charge on any atom is -0.445 e. The lowest BCUT2D eigenvalue weighted by Gasteiger charge is -2.39. The van der Waals surface area contributed by atoms with Gasteiger partial charge in [0.05, 0.1) is 5.02 Å². The number of carbonyl (C=O) groups is 1. The van der Waals surface area contributed by atoms with E-state index in [4.69, 9.17) is 22.1 Å². The van der Waals surface area contributed by atoms with Crippen molar-refractivity contribution in [3.63, 3.8) is 0 Å². The molecule has 1 heterocycles. The van der Waals surface area contributed by atoms with Crippen LogP contribution in [0.4, 0.5) is 9.18 Å². The van der Waals surface area contributed by atoms with E-state index < -0.39 is 11.4 Å². The maximum atomic E-state index is 13.7. The lowest BCUT2D eigenvalue weighted by Crippen LogP contribution is -2.49. The van der Waals surface area contributed by atoms with Gasteiger partial charge in [0, 0.05) is 18.6 Å². The second-order valence-corrected chi connectivity index (χ2v) is 6.72. The largest absolute Gasteiger partial charge is 0.445 e. The van der Waals surface area contributed by atoms with Crippen molar-refractivity contribution in [2.45, 2.75) is 25.0 Å². The maximum Gasteiger partial charge on any atom is 0.410 e. The number of hydrogen-bond donors (Lipinski definition) is 1. The molecule has 3 rings (SSSR count). The number of carbonyl (C=O) groups excluding carboxylic acids is 1. The highest BCUT2D eigenvalue weighted by Gasteiger charge is 2.34. The Morgan fingerprint density at radius 2 is 1.88 bits per heavy atom. The van der Waals surface area contributed by atoms with E-state index in [9.17, 15) is 9.18 Å². The number of halogens is 2. The number of likely N-dealkylation sites (tertiary alicyclic amines) is 1. The number of nitrogens with two attached hydrogens (primary N) is 1. The molecule has 0 saturated carbocycles. The third kappa shape index (κ3) is 4.11. The van der Waals surface area contributed by atoms with Crippen molar-refractivity contribution in [1.29, 1.82) is 0 Å². The van der Waals surface area contributed by atoms with Crippen molar-refractivity contribution in [3.05, 3.63) is 70.5 Å². The minimum absolute atomic E-state index is 0.0780. The summed E-state index contributed by atoms with van der Waals surface area (Å²) in [5.74, 6) is -0.478. The smallest absolute Gasteiger partial charge is 0.410 e. The molecule has 0 atom stereocenters. The number of ether oxygens (including phenoxy) is 1. The first kappa shape index (κ1) is 17.7. The Labute approximate surface area is 151 Å². The van der Waals surface area contributed by atoms with Gasteiger partial charge >= 0.3 is 6.09 Å². The van der Waals surface area contributed by atoms with Crippen LogP contribution in [0.3, 0.4) is 0 Å². The fourth-order valence-corrected chi connectivity index (χ4v) is 3.11. The molecule has 0 aromatic heterocycles. The summed E-state index contributed by atoms with van der Waals surface area (Å²) in [7, 11) is 0. The molecule has 4 nitrogen and oxygen atoms in total. The quantitative estimate of drug-likeness (QED) is 0.895. The van der Waals surface area contributed by atoms with Gasteiger partial charge in [-0.1, -0.05) is 48.0 Å². The SMILES string of the molecule is NC1(c2ccc(Cl)c(F)c2)CCN(C(=O)OCc2ccccc2)CC1. The van der Waals surface area contributed by atoms with Crippen LogP contribution in [0.15, 0.2) is 48.5 Å². The number of hydrogen-bond acceptors (Lipinski definition) is 3. The monoisotopic (exact) mass is 362 g/mol. The molecule has 0 spiro atoms. The molecule has 0 radical (unpaired) electrons. The second kappa shape index (κ2) is 7.42. The minimum atomic E-state index is -0.665. The molecule has 1 aliphatic rings. The summed E-state index contributed by atoms with van der Waals surface area (Å²) in [6, 6.07) is 14.2. The number of benzene rings is 2. The van der Waals surface area contributed by atoms with Crippen molar-refractivity contribution in [1.82, 2.24) is 4.90 Å². The average molecular weight is 363 g/mol. The standard InChI is InChI=1S/C19H20ClFN2O2/c20-16-7-6-15(12-17(16)21)19(22)8-10-23(11-9-19)18(24)25-13-14-4-2-1-3-5-14/h1-7,12H,8-11,13,22H2. The number of amides is 1. The van der Waals surface area contributed by atoms with Crippen LogP contribution in [0.25, 0.3) is 0 Å². The van der Waals surface area contributed by atoms with E-state index in [1.54, 1.807) is 11.0 Å². The van der Waals surface area contributed by atoms with Gasteiger partial charge in [0.2, 0.25) is 0 Å². The molecule has 25 heavy (non-hydrogen) atoms. The van der Waals surface area contributed by atoms with Gasteiger partial charge in [-0.05, 0) is 36.1 Å². The molecule has 1 aliphatic heterocycles. The summed E-state index contributed by atoms with van der Waals surface area (Å²) in [4.78, 5) is 13.8. The van der Waals surface area contributed by atoms with E-state index in [0.29, 0.717) is 31.5 Å².